The molecule has 100 valence electrons. The quantitative estimate of drug-likeness (QED) is 0.636. The van der Waals surface area contributed by atoms with Gasteiger partial charge in [0, 0.05) is 25.3 Å². The third kappa shape index (κ3) is 3.00. The number of anilines is 1. The summed E-state index contributed by atoms with van der Waals surface area (Å²) in [6.45, 7) is 9.19. The van der Waals surface area contributed by atoms with E-state index in [1.54, 1.807) is 0 Å². The number of rotatable bonds is 3. The van der Waals surface area contributed by atoms with Gasteiger partial charge in [0.05, 0.1) is 0 Å². The number of likely N-dealkylation sites (tertiary alicyclic amines) is 1. The van der Waals surface area contributed by atoms with E-state index >= 15 is 0 Å². The number of nitrogen functional groups attached to an aromatic ring is 1. The van der Waals surface area contributed by atoms with E-state index in [4.69, 9.17) is 5.84 Å². The molecule has 0 aliphatic carbocycles. The molecule has 3 atom stereocenters. The Bertz CT molecular complexity index is 393. The van der Waals surface area contributed by atoms with Crippen LogP contribution in [-0.4, -0.2) is 22.5 Å². The predicted octanol–water partition coefficient (Wildman–Crippen LogP) is 2.23. The molecule has 4 nitrogen and oxygen atoms in total. The molecule has 2 heterocycles. The molecular weight excluding hydrogens is 224 g/mol. The van der Waals surface area contributed by atoms with Gasteiger partial charge in [0.2, 0.25) is 0 Å². The molecule has 1 aliphatic heterocycles. The van der Waals surface area contributed by atoms with Crippen LogP contribution in [0.15, 0.2) is 18.3 Å². The molecule has 0 bridgehead atoms. The Morgan fingerprint density at radius 1 is 1.44 bits per heavy atom. The van der Waals surface area contributed by atoms with E-state index in [1.807, 2.05) is 12.3 Å². The van der Waals surface area contributed by atoms with E-state index in [-0.39, 0.29) is 0 Å². The fourth-order valence-electron chi connectivity index (χ4n) is 2.93. The van der Waals surface area contributed by atoms with Crippen molar-refractivity contribution in [2.24, 2.45) is 17.7 Å². The van der Waals surface area contributed by atoms with E-state index in [2.05, 4.69) is 42.1 Å². The molecule has 0 spiro atoms. The van der Waals surface area contributed by atoms with Crippen LogP contribution in [0.2, 0.25) is 0 Å². The van der Waals surface area contributed by atoms with Crippen LogP contribution in [0.5, 0.6) is 0 Å². The van der Waals surface area contributed by atoms with Crippen molar-refractivity contribution in [3.8, 4) is 0 Å². The summed E-state index contributed by atoms with van der Waals surface area (Å²) in [6, 6.07) is 4.73. The zero-order chi connectivity index (χ0) is 13.1. The molecule has 0 aromatic carbocycles. The van der Waals surface area contributed by atoms with Gasteiger partial charge in [0.15, 0.2) is 0 Å². The van der Waals surface area contributed by atoms with Gasteiger partial charge in [-0.3, -0.25) is 4.90 Å². The van der Waals surface area contributed by atoms with Crippen LogP contribution < -0.4 is 11.3 Å². The average molecular weight is 248 g/mol. The Labute approximate surface area is 110 Å². The van der Waals surface area contributed by atoms with Gasteiger partial charge in [-0.05, 0) is 42.9 Å². The molecule has 1 saturated heterocycles. The fourth-order valence-corrected chi connectivity index (χ4v) is 2.93. The number of hydrogen-bond donors (Lipinski definition) is 2. The van der Waals surface area contributed by atoms with Gasteiger partial charge in [0.25, 0.3) is 0 Å². The monoisotopic (exact) mass is 248 g/mol. The van der Waals surface area contributed by atoms with Gasteiger partial charge in [-0.1, -0.05) is 13.8 Å². The first-order chi connectivity index (χ1) is 8.60. The van der Waals surface area contributed by atoms with Crippen molar-refractivity contribution in [2.45, 2.75) is 39.8 Å². The van der Waals surface area contributed by atoms with Crippen molar-refractivity contribution in [1.29, 1.82) is 0 Å². The minimum Gasteiger partial charge on any atom is -0.308 e. The largest absolute Gasteiger partial charge is 0.308 e. The molecule has 18 heavy (non-hydrogen) atoms. The first-order valence-corrected chi connectivity index (χ1v) is 6.75. The highest BCUT2D eigenvalue weighted by Crippen LogP contribution is 2.28. The summed E-state index contributed by atoms with van der Waals surface area (Å²) in [7, 11) is 0. The minimum atomic E-state index is 0.642. The van der Waals surface area contributed by atoms with Crippen molar-refractivity contribution >= 4 is 5.82 Å². The molecule has 2 rings (SSSR count). The second-order valence-electron chi connectivity index (χ2n) is 5.68. The molecule has 1 aromatic rings. The van der Waals surface area contributed by atoms with E-state index < -0.39 is 0 Å². The van der Waals surface area contributed by atoms with Crippen LogP contribution >= 0.6 is 0 Å². The molecule has 1 aromatic heterocycles. The summed E-state index contributed by atoms with van der Waals surface area (Å²) in [4.78, 5) is 6.71. The Kier molecular flexibility index (Phi) is 4.19. The van der Waals surface area contributed by atoms with Crippen LogP contribution in [0.25, 0.3) is 0 Å². The van der Waals surface area contributed by atoms with Gasteiger partial charge in [0.1, 0.15) is 5.82 Å². The molecular formula is C14H24N4. The van der Waals surface area contributed by atoms with E-state index in [0.29, 0.717) is 6.04 Å². The average Bonchev–Trinajstić information content (AvgIpc) is 2.35. The highest BCUT2D eigenvalue weighted by Gasteiger charge is 2.28. The summed E-state index contributed by atoms with van der Waals surface area (Å²) in [5, 5.41) is 0. The van der Waals surface area contributed by atoms with E-state index in [0.717, 1.165) is 24.2 Å². The first-order valence-electron chi connectivity index (χ1n) is 6.75. The number of pyridine rings is 1. The third-order valence-electron chi connectivity index (χ3n) is 4.08. The van der Waals surface area contributed by atoms with Crippen molar-refractivity contribution < 1.29 is 0 Å². The highest BCUT2D eigenvalue weighted by molar-refractivity contribution is 5.35. The van der Waals surface area contributed by atoms with Crippen LogP contribution in [0.1, 0.15) is 32.8 Å². The maximum Gasteiger partial charge on any atom is 0.140 e. The second kappa shape index (κ2) is 5.67. The Balaban J connectivity index is 2.07. The summed E-state index contributed by atoms with van der Waals surface area (Å²) in [5.74, 6) is 7.68. The molecule has 1 fully saturated rings. The fraction of sp³-hybridized carbons (Fsp3) is 0.643. The summed E-state index contributed by atoms with van der Waals surface area (Å²) >= 11 is 0. The summed E-state index contributed by atoms with van der Waals surface area (Å²) in [5.41, 5.74) is 3.87. The third-order valence-corrected chi connectivity index (χ3v) is 4.08. The number of hydrazine groups is 1. The van der Waals surface area contributed by atoms with Gasteiger partial charge in [-0.25, -0.2) is 10.8 Å². The number of nitrogens with zero attached hydrogens (tertiary/aromatic N) is 2. The number of nitrogens with one attached hydrogen (secondary N) is 1. The molecule has 1 aliphatic rings. The standard InChI is InChI=1S/C14H24N4/c1-10-6-11(2)12(3)18(8-10)9-13-4-5-16-14(7-13)17-15/h4-5,7,10-12H,6,8-9,15H2,1-3H3,(H,16,17). The Morgan fingerprint density at radius 2 is 2.22 bits per heavy atom. The van der Waals surface area contributed by atoms with Gasteiger partial charge >= 0.3 is 0 Å². The van der Waals surface area contributed by atoms with Crippen molar-refractivity contribution in [3.63, 3.8) is 0 Å². The van der Waals surface area contributed by atoms with Crippen molar-refractivity contribution in [1.82, 2.24) is 9.88 Å². The first kappa shape index (κ1) is 13.3. The lowest BCUT2D eigenvalue weighted by atomic mass is 9.86. The van der Waals surface area contributed by atoms with E-state index in [1.165, 1.54) is 18.5 Å². The lowest BCUT2D eigenvalue weighted by Crippen LogP contribution is -2.45. The maximum atomic E-state index is 5.40. The highest BCUT2D eigenvalue weighted by atomic mass is 15.2. The van der Waals surface area contributed by atoms with Crippen LogP contribution in [0, 0.1) is 11.8 Å². The topological polar surface area (TPSA) is 54.2 Å². The molecule has 3 unspecified atom stereocenters. The Hall–Kier alpha value is -1.13. The van der Waals surface area contributed by atoms with Crippen LogP contribution in [-0.2, 0) is 6.54 Å². The maximum absolute atomic E-state index is 5.40. The van der Waals surface area contributed by atoms with Crippen molar-refractivity contribution in [2.75, 3.05) is 12.0 Å². The number of piperidine rings is 1. The number of nitrogens with two attached hydrogens (primary N) is 1. The summed E-state index contributed by atoms with van der Waals surface area (Å²) < 4.78 is 0. The lowest BCUT2D eigenvalue weighted by Gasteiger charge is -2.41. The number of aromatic nitrogens is 1. The molecule has 0 amide bonds. The molecule has 0 radical (unpaired) electrons. The van der Waals surface area contributed by atoms with Crippen LogP contribution in [0.3, 0.4) is 0 Å². The molecule has 3 N–H and O–H groups in total. The van der Waals surface area contributed by atoms with Gasteiger partial charge < -0.3 is 5.43 Å². The van der Waals surface area contributed by atoms with Crippen LogP contribution in [0.4, 0.5) is 5.82 Å². The lowest BCUT2D eigenvalue weighted by molar-refractivity contribution is 0.0729. The second-order valence-corrected chi connectivity index (χ2v) is 5.68. The van der Waals surface area contributed by atoms with Gasteiger partial charge in [-0.2, -0.15) is 0 Å². The Morgan fingerprint density at radius 3 is 2.94 bits per heavy atom. The molecule has 4 heteroatoms. The summed E-state index contributed by atoms with van der Waals surface area (Å²) in [6.07, 6.45) is 3.15. The predicted molar refractivity (Wildman–Crippen MR) is 74.9 cm³/mol. The van der Waals surface area contributed by atoms with Crippen molar-refractivity contribution in [3.05, 3.63) is 23.9 Å². The zero-order valence-electron chi connectivity index (χ0n) is 11.6. The molecule has 0 saturated carbocycles. The number of hydrogen-bond acceptors (Lipinski definition) is 4. The zero-order valence-corrected chi connectivity index (χ0v) is 11.6. The normalized spacial score (nSPS) is 29.2. The van der Waals surface area contributed by atoms with Gasteiger partial charge in [-0.15, -0.1) is 0 Å². The smallest absolute Gasteiger partial charge is 0.140 e. The minimum absolute atomic E-state index is 0.642. The SMILES string of the molecule is CC1CC(C)C(C)N(Cc2ccnc(NN)c2)C1. The van der Waals surface area contributed by atoms with E-state index in [9.17, 15) is 0 Å².